The Hall–Kier alpha value is -1.41. The average Bonchev–Trinajstić information content (AvgIpc) is 2.48. The number of aryl methyl sites for hydroxylation is 2. The maximum Gasteiger partial charge on any atom is 0.118 e. The van der Waals surface area contributed by atoms with Gasteiger partial charge in [-0.25, -0.2) is 0 Å². The predicted octanol–water partition coefficient (Wildman–Crippen LogP) is 4.97. The second-order valence-electron chi connectivity index (χ2n) is 4.42. The fraction of sp³-hybridized carbons (Fsp3) is 0.294. The molecule has 0 radical (unpaired) electrons. The highest BCUT2D eigenvalue weighted by molar-refractivity contribution is 7.99. The average molecular weight is 272 g/mol. The van der Waals surface area contributed by atoms with E-state index in [4.69, 9.17) is 4.74 Å². The molecule has 0 saturated carbocycles. The van der Waals surface area contributed by atoms with Crippen LogP contribution in [0.2, 0.25) is 0 Å². The Morgan fingerprint density at radius 1 is 0.842 bits per heavy atom. The van der Waals surface area contributed by atoms with E-state index in [1.165, 1.54) is 20.9 Å². The van der Waals surface area contributed by atoms with E-state index in [1.807, 2.05) is 12.1 Å². The number of hydrogen-bond donors (Lipinski definition) is 0. The second-order valence-corrected chi connectivity index (χ2v) is 5.56. The van der Waals surface area contributed by atoms with Crippen molar-refractivity contribution in [2.75, 3.05) is 7.11 Å². The Morgan fingerprint density at radius 3 is 2.05 bits per heavy atom. The monoisotopic (exact) mass is 272 g/mol. The van der Waals surface area contributed by atoms with E-state index in [0.29, 0.717) is 0 Å². The van der Waals surface area contributed by atoms with E-state index in [-0.39, 0.29) is 0 Å². The first-order valence-corrected chi connectivity index (χ1v) is 7.52. The van der Waals surface area contributed by atoms with E-state index in [2.05, 4.69) is 44.2 Å². The highest BCUT2D eigenvalue weighted by atomic mass is 32.2. The van der Waals surface area contributed by atoms with Gasteiger partial charge >= 0.3 is 0 Å². The molecule has 100 valence electrons. The van der Waals surface area contributed by atoms with Crippen molar-refractivity contribution in [2.24, 2.45) is 0 Å². The summed E-state index contributed by atoms with van der Waals surface area (Å²) in [6, 6.07) is 15.0. The third-order valence-electron chi connectivity index (χ3n) is 3.23. The topological polar surface area (TPSA) is 9.23 Å². The van der Waals surface area contributed by atoms with Crippen LogP contribution >= 0.6 is 11.8 Å². The number of hydrogen-bond acceptors (Lipinski definition) is 2. The molecule has 0 fully saturated rings. The van der Waals surface area contributed by atoms with Gasteiger partial charge in [-0.2, -0.15) is 0 Å². The number of benzene rings is 2. The molecule has 0 spiro atoms. The van der Waals surface area contributed by atoms with Gasteiger partial charge in [0.05, 0.1) is 7.11 Å². The third-order valence-corrected chi connectivity index (χ3v) is 4.23. The van der Waals surface area contributed by atoms with Crippen LogP contribution < -0.4 is 4.74 Å². The first kappa shape index (κ1) is 14.0. The summed E-state index contributed by atoms with van der Waals surface area (Å²) in [4.78, 5) is 2.55. The van der Waals surface area contributed by atoms with Gasteiger partial charge in [0.25, 0.3) is 0 Å². The fourth-order valence-electron chi connectivity index (χ4n) is 2.12. The molecule has 0 amide bonds. The van der Waals surface area contributed by atoms with Crippen LogP contribution in [0.1, 0.15) is 25.0 Å². The molecule has 0 aliphatic rings. The number of rotatable bonds is 5. The minimum absolute atomic E-state index is 0.903. The number of ether oxygens (including phenoxy) is 1. The summed E-state index contributed by atoms with van der Waals surface area (Å²) in [6.07, 6.45) is 2.21. The van der Waals surface area contributed by atoms with Crippen LogP contribution in [0.5, 0.6) is 5.75 Å². The smallest absolute Gasteiger partial charge is 0.118 e. The zero-order chi connectivity index (χ0) is 13.7. The van der Waals surface area contributed by atoms with Crippen molar-refractivity contribution in [2.45, 2.75) is 36.5 Å². The first-order valence-electron chi connectivity index (χ1n) is 6.70. The summed E-state index contributed by atoms with van der Waals surface area (Å²) in [7, 11) is 1.69. The van der Waals surface area contributed by atoms with E-state index in [0.717, 1.165) is 18.6 Å². The van der Waals surface area contributed by atoms with Crippen molar-refractivity contribution in [1.82, 2.24) is 0 Å². The van der Waals surface area contributed by atoms with Crippen molar-refractivity contribution in [3.63, 3.8) is 0 Å². The zero-order valence-corrected chi connectivity index (χ0v) is 12.6. The van der Waals surface area contributed by atoms with Crippen molar-refractivity contribution in [3.8, 4) is 5.75 Å². The molecule has 2 rings (SSSR count). The lowest BCUT2D eigenvalue weighted by molar-refractivity contribution is 0.414. The molecule has 0 bridgehead atoms. The summed E-state index contributed by atoms with van der Waals surface area (Å²) in [5.41, 5.74) is 2.92. The molecule has 0 heterocycles. The molecular formula is C17H20OS. The second kappa shape index (κ2) is 6.67. The summed E-state index contributed by atoms with van der Waals surface area (Å²) >= 11 is 1.80. The Balaban J connectivity index is 2.18. The van der Waals surface area contributed by atoms with E-state index >= 15 is 0 Å². The van der Waals surface area contributed by atoms with Crippen molar-refractivity contribution >= 4 is 11.8 Å². The molecule has 0 aromatic heterocycles. The molecule has 0 aliphatic heterocycles. The Labute approximate surface area is 120 Å². The van der Waals surface area contributed by atoms with Gasteiger partial charge in [0, 0.05) is 9.79 Å². The highest BCUT2D eigenvalue weighted by Gasteiger charge is 2.03. The number of methoxy groups -OCH3 is 1. The van der Waals surface area contributed by atoms with Crippen LogP contribution in [0.4, 0.5) is 0 Å². The molecular weight excluding hydrogens is 252 g/mol. The van der Waals surface area contributed by atoms with Crippen molar-refractivity contribution < 1.29 is 4.74 Å². The van der Waals surface area contributed by atoms with Crippen LogP contribution in [-0.2, 0) is 12.8 Å². The zero-order valence-electron chi connectivity index (χ0n) is 11.8. The first-order chi connectivity index (χ1) is 9.26. The van der Waals surface area contributed by atoms with Crippen LogP contribution in [0.15, 0.2) is 52.3 Å². The third kappa shape index (κ3) is 3.54. The summed E-state index contributed by atoms with van der Waals surface area (Å²) < 4.78 is 5.18. The lowest BCUT2D eigenvalue weighted by Crippen LogP contribution is -1.90. The minimum atomic E-state index is 0.903. The normalized spacial score (nSPS) is 10.5. The quantitative estimate of drug-likeness (QED) is 0.760. The fourth-order valence-corrected chi connectivity index (χ4v) is 3.00. The van der Waals surface area contributed by atoms with Gasteiger partial charge in [0.1, 0.15) is 5.75 Å². The SMILES string of the molecule is CCc1ccc(Sc2ccc(OC)cc2)cc1CC. The van der Waals surface area contributed by atoms with Crippen molar-refractivity contribution in [1.29, 1.82) is 0 Å². The van der Waals surface area contributed by atoms with E-state index in [9.17, 15) is 0 Å². The molecule has 0 unspecified atom stereocenters. The Bertz CT molecular complexity index is 531. The van der Waals surface area contributed by atoms with Gasteiger partial charge in [-0.1, -0.05) is 31.7 Å². The molecule has 0 aliphatic carbocycles. The van der Waals surface area contributed by atoms with Crippen LogP contribution in [-0.4, -0.2) is 7.11 Å². The highest BCUT2D eigenvalue weighted by Crippen LogP contribution is 2.30. The van der Waals surface area contributed by atoms with Gasteiger partial charge in [-0.05, 0) is 60.4 Å². The van der Waals surface area contributed by atoms with E-state index in [1.54, 1.807) is 18.9 Å². The predicted molar refractivity (Wildman–Crippen MR) is 82.3 cm³/mol. The summed E-state index contributed by atoms with van der Waals surface area (Å²) in [5, 5.41) is 0. The maximum absolute atomic E-state index is 5.18. The van der Waals surface area contributed by atoms with Crippen molar-refractivity contribution in [3.05, 3.63) is 53.6 Å². The summed E-state index contributed by atoms with van der Waals surface area (Å²) in [5.74, 6) is 0.903. The molecule has 1 nitrogen and oxygen atoms in total. The maximum atomic E-state index is 5.18. The van der Waals surface area contributed by atoms with Gasteiger partial charge < -0.3 is 4.74 Å². The molecule has 19 heavy (non-hydrogen) atoms. The molecule has 2 aromatic rings. The van der Waals surface area contributed by atoms with E-state index < -0.39 is 0 Å². The standard InChI is InChI=1S/C17H20OS/c1-4-13-6-9-17(12-14(13)5-2)19-16-10-7-15(18-3)8-11-16/h6-12H,4-5H2,1-3H3. The van der Waals surface area contributed by atoms with Gasteiger partial charge in [0.2, 0.25) is 0 Å². The van der Waals surface area contributed by atoms with Crippen LogP contribution in [0, 0.1) is 0 Å². The molecule has 2 aromatic carbocycles. The van der Waals surface area contributed by atoms with Crippen LogP contribution in [0.3, 0.4) is 0 Å². The van der Waals surface area contributed by atoms with Crippen LogP contribution in [0.25, 0.3) is 0 Å². The lowest BCUT2D eigenvalue weighted by atomic mass is 10.0. The largest absolute Gasteiger partial charge is 0.497 e. The Kier molecular flexibility index (Phi) is 4.92. The molecule has 0 atom stereocenters. The molecule has 0 saturated heterocycles. The molecule has 2 heteroatoms. The van der Waals surface area contributed by atoms with Gasteiger partial charge in [-0.15, -0.1) is 0 Å². The van der Waals surface area contributed by atoms with Gasteiger partial charge in [0.15, 0.2) is 0 Å². The Morgan fingerprint density at radius 2 is 1.47 bits per heavy atom. The summed E-state index contributed by atoms with van der Waals surface area (Å²) in [6.45, 7) is 4.43. The minimum Gasteiger partial charge on any atom is -0.497 e. The lowest BCUT2D eigenvalue weighted by Gasteiger charge is -2.09. The van der Waals surface area contributed by atoms with Gasteiger partial charge in [-0.3, -0.25) is 0 Å². The molecule has 0 N–H and O–H groups in total.